The van der Waals surface area contributed by atoms with Crippen molar-refractivity contribution in [3.63, 3.8) is 0 Å². The van der Waals surface area contributed by atoms with Gasteiger partial charge in [0.25, 0.3) is 0 Å². The molecule has 19 heavy (non-hydrogen) atoms. The van der Waals surface area contributed by atoms with Crippen molar-refractivity contribution in [2.45, 2.75) is 26.2 Å². The Morgan fingerprint density at radius 2 is 2.16 bits per heavy atom. The number of nitrogens with zero attached hydrogens (tertiary/aromatic N) is 2. The molecular weight excluding hydrogens is 264 g/mol. The van der Waals surface area contributed by atoms with E-state index in [4.69, 9.17) is 0 Å². The molecule has 0 spiro atoms. The van der Waals surface area contributed by atoms with E-state index in [0.717, 1.165) is 31.6 Å². The maximum Gasteiger partial charge on any atom is 0.233 e. The molecule has 1 aromatic rings. The highest BCUT2D eigenvalue weighted by Gasteiger charge is 2.22. The van der Waals surface area contributed by atoms with Gasteiger partial charge >= 0.3 is 0 Å². The van der Waals surface area contributed by atoms with Crippen molar-refractivity contribution in [1.29, 1.82) is 0 Å². The lowest BCUT2D eigenvalue weighted by Crippen LogP contribution is -2.33. The number of rotatable bonds is 5. The molecule has 1 aliphatic rings. The van der Waals surface area contributed by atoms with Crippen LogP contribution in [0.1, 0.15) is 25.5 Å². The zero-order chi connectivity index (χ0) is 13.9. The fraction of sp³-hybridized carbons (Fsp3) is 0.750. The Morgan fingerprint density at radius 1 is 1.47 bits per heavy atom. The second-order valence-corrected chi connectivity index (χ2v) is 6.86. The van der Waals surface area contributed by atoms with Gasteiger partial charge in [0.15, 0.2) is 0 Å². The monoisotopic (exact) mass is 286 g/mol. The number of hydrogen-bond donors (Lipinski definition) is 2. The summed E-state index contributed by atoms with van der Waals surface area (Å²) in [5.74, 6) is 0.452. The average Bonchev–Trinajstić information content (AvgIpc) is 2.69. The summed E-state index contributed by atoms with van der Waals surface area (Å²) in [5.41, 5.74) is 1.40. The number of anilines is 1. The van der Waals surface area contributed by atoms with Gasteiger partial charge in [0, 0.05) is 13.2 Å². The molecular formula is C12H22N4O2S. The molecule has 1 aliphatic heterocycles. The van der Waals surface area contributed by atoms with Gasteiger partial charge in [0.2, 0.25) is 10.0 Å². The quantitative estimate of drug-likeness (QED) is 0.836. The summed E-state index contributed by atoms with van der Waals surface area (Å²) in [6.45, 7) is 3.79. The first-order valence-corrected chi connectivity index (χ1v) is 8.39. The predicted octanol–water partition coefficient (Wildman–Crippen LogP) is 0.724. The molecule has 6 nitrogen and oxygen atoms in total. The molecule has 1 aromatic heterocycles. The van der Waals surface area contributed by atoms with Crippen LogP contribution in [0.15, 0.2) is 6.20 Å². The van der Waals surface area contributed by atoms with Crippen molar-refractivity contribution < 1.29 is 8.42 Å². The van der Waals surface area contributed by atoms with E-state index in [2.05, 4.69) is 15.1 Å². The summed E-state index contributed by atoms with van der Waals surface area (Å²) in [4.78, 5) is 0. The maximum atomic E-state index is 12.2. The first-order chi connectivity index (χ1) is 9.00. The highest BCUT2D eigenvalue weighted by molar-refractivity contribution is 7.92. The molecule has 0 unspecified atom stereocenters. The third kappa shape index (κ3) is 3.94. The van der Waals surface area contributed by atoms with Crippen LogP contribution >= 0.6 is 0 Å². The summed E-state index contributed by atoms with van der Waals surface area (Å²) in [7, 11) is -1.49. The van der Waals surface area contributed by atoms with Gasteiger partial charge in [0.05, 0.1) is 17.1 Å². The van der Waals surface area contributed by atoms with Gasteiger partial charge in [-0.1, -0.05) is 6.92 Å². The van der Waals surface area contributed by atoms with E-state index in [-0.39, 0.29) is 11.7 Å². The number of nitrogens with one attached hydrogen (secondary N) is 2. The van der Waals surface area contributed by atoms with Crippen LogP contribution in [0.3, 0.4) is 0 Å². The summed E-state index contributed by atoms with van der Waals surface area (Å²) in [6, 6.07) is 0. The van der Waals surface area contributed by atoms with Crippen molar-refractivity contribution in [1.82, 2.24) is 15.1 Å². The van der Waals surface area contributed by atoms with Gasteiger partial charge in [-0.25, -0.2) is 8.42 Å². The Balaban J connectivity index is 2.03. The summed E-state index contributed by atoms with van der Waals surface area (Å²) < 4.78 is 28.7. The molecule has 2 N–H and O–H groups in total. The Bertz CT molecular complexity index is 518. The van der Waals surface area contributed by atoms with Crippen LogP contribution in [0.25, 0.3) is 0 Å². The molecule has 7 heteroatoms. The predicted molar refractivity (Wildman–Crippen MR) is 75.6 cm³/mol. The zero-order valence-corrected chi connectivity index (χ0v) is 12.3. The maximum absolute atomic E-state index is 12.2. The van der Waals surface area contributed by atoms with Crippen molar-refractivity contribution in [3.8, 4) is 0 Å². The van der Waals surface area contributed by atoms with E-state index in [0.29, 0.717) is 12.1 Å². The summed E-state index contributed by atoms with van der Waals surface area (Å²) in [6.07, 6.45) is 4.29. The third-order valence-corrected chi connectivity index (χ3v) is 4.86. The highest BCUT2D eigenvalue weighted by Crippen LogP contribution is 2.19. The van der Waals surface area contributed by atoms with Crippen LogP contribution in [-0.2, 0) is 23.5 Å². The molecule has 2 rings (SSSR count). The number of piperidine rings is 1. The fourth-order valence-corrected chi connectivity index (χ4v) is 3.99. The van der Waals surface area contributed by atoms with Gasteiger partial charge in [-0.05, 0) is 38.3 Å². The number of sulfonamides is 1. The van der Waals surface area contributed by atoms with Gasteiger partial charge in [-0.2, -0.15) is 5.10 Å². The molecule has 0 aliphatic carbocycles. The van der Waals surface area contributed by atoms with Gasteiger partial charge < -0.3 is 5.32 Å². The van der Waals surface area contributed by atoms with Crippen molar-refractivity contribution in [3.05, 3.63) is 11.9 Å². The van der Waals surface area contributed by atoms with Crippen LogP contribution in [0.5, 0.6) is 0 Å². The molecule has 1 fully saturated rings. The van der Waals surface area contributed by atoms with E-state index >= 15 is 0 Å². The van der Waals surface area contributed by atoms with Gasteiger partial charge in [-0.15, -0.1) is 0 Å². The molecule has 0 saturated carbocycles. The largest absolute Gasteiger partial charge is 0.317 e. The molecule has 0 amide bonds. The lowest BCUT2D eigenvalue weighted by Gasteiger charge is -2.22. The second kappa shape index (κ2) is 5.92. The number of aromatic nitrogens is 2. The average molecular weight is 286 g/mol. The lowest BCUT2D eigenvalue weighted by atomic mass is 10.0. The first-order valence-electron chi connectivity index (χ1n) is 6.74. The summed E-state index contributed by atoms with van der Waals surface area (Å²) >= 11 is 0. The van der Waals surface area contributed by atoms with Crippen molar-refractivity contribution in [2.24, 2.45) is 13.0 Å². The topological polar surface area (TPSA) is 76.0 Å². The SMILES string of the molecule is CCc1nn(C)cc1NS(=O)(=O)CC1CCNCC1. The molecule has 108 valence electrons. The molecule has 2 heterocycles. The van der Waals surface area contributed by atoms with Gasteiger partial charge in [0.1, 0.15) is 0 Å². The van der Waals surface area contributed by atoms with E-state index in [9.17, 15) is 8.42 Å². The molecule has 0 atom stereocenters. The van der Waals surface area contributed by atoms with Gasteiger partial charge in [-0.3, -0.25) is 9.40 Å². The smallest absolute Gasteiger partial charge is 0.233 e. The van der Waals surface area contributed by atoms with Crippen LogP contribution in [0, 0.1) is 5.92 Å². The van der Waals surface area contributed by atoms with Crippen molar-refractivity contribution in [2.75, 3.05) is 23.6 Å². The fourth-order valence-electron chi connectivity index (χ4n) is 2.45. The standard InChI is InChI=1S/C12H22N4O2S/c1-3-11-12(8-16(2)14-11)15-19(17,18)9-10-4-6-13-7-5-10/h8,10,13,15H,3-7,9H2,1-2H3. The van der Waals surface area contributed by atoms with E-state index in [1.807, 2.05) is 6.92 Å². The molecule has 0 aromatic carbocycles. The van der Waals surface area contributed by atoms with Crippen LogP contribution in [0.4, 0.5) is 5.69 Å². The molecule has 0 bridgehead atoms. The Kier molecular flexibility index (Phi) is 4.46. The second-order valence-electron chi connectivity index (χ2n) is 5.09. The summed E-state index contributed by atoms with van der Waals surface area (Å²) in [5, 5.41) is 7.48. The Labute approximate surface area is 114 Å². The number of hydrogen-bond acceptors (Lipinski definition) is 4. The highest BCUT2D eigenvalue weighted by atomic mass is 32.2. The van der Waals surface area contributed by atoms with E-state index in [1.165, 1.54) is 0 Å². The normalized spacial score (nSPS) is 17.6. The Morgan fingerprint density at radius 3 is 2.79 bits per heavy atom. The minimum atomic E-state index is -3.28. The molecule has 0 radical (unpaired) electrons. The Hall–Kier alpha value is -1.08. The van der Waals surface area contributed by atoms with Crippen LogP contribution in [-0.4, -0.2) is 37.0 Å². The van der Waals surface area contributed by atoms with E-state index < -0.39 is 10.0 Å². The van der Waals surface area contributed by atoms with Crippen LogP contribution < -0.4 is 10.0 Å². The molecule has 1 saturated heterocycles. The number of aryl methyl sites for hydroxylation is 2. The van der Waals surface area contributed by atoms with E-state index in [1.54, 1.807) is 17.9 Å². The third-order valence-electron chi connectivity index (χ3n) is 3.42. The minimum absolute atomic E-state index is 0.201. The minimum Gasteiger partial charge on any atom is -0.317 e. The lowest BCUT2D eigenvalue weighted by molar-refractivity contribution is 0.402. The van der Waals surface area contributed by atoms with Crippen LogP contribution in [0.2, 0.25) is 0 Å². The zero-order valence-electron chi connectivity index (χ0n) is 11.5. The van der Waals surface area contributed by atoms with Crippen molar-refractivity contribution >= 4 is 15.7 Å². The first kappa shape index (κ1) is 14.3.